The standard InChI is InChI=1S/C18H19N3O5/c1-9-14(26-17(20-9)12-3-4-12)16(23)21-13-7-5-11(6-8-13)15(22)19-10(2)18(24)25/h5-8,10,12H,3-4H2,1-2H3,(H,19,22)(H,21,23)(H,24,25). The fourth-order valence-corrected chi connectivity index (χ4v) is 2.37. The van der Waals surface area contributed by atoms with E-state index in [0.717, 1.165) is 12.8 Å². The monoisotopic (exact) mass is 357 g/mol. The summed E-state index contributed by atoms with van der Waals surface area (Å²) in [6.07, 6.45) is 2.07. The van der Waals surface area contributed by atoms with E-state index in [2.05, 4.69) is 15.6 Å². The Hall–Kier alpha value is -3.16. The number of carboxylic acids is 1. The molecule has 0 saturated heterocycles. The van der Waals surface area contributed by atoms with Crippen molar-refractivity contribution in [3.63, 3.8) is 0 Å². The number of nitrogens with zero attached hydrogens (tertiary/aromatic N) is 1. The summed E-state index contributed by atoms with van der Waals surface area (Å²) in [6, 6.07) is 5.14. The van der Waals surface area contributed by atoms with Gasteiger partial charge in [0.05, 0.1) is 5.69 Å². The summed E-state index contributed by atoms with van der Waals surface area (Å²) in [4.78, 5) is 39.3. The molecule has 8 nitrogen and oxygen atoms in total. The van der Waals surface area contributed by atoms with E-state index in [0.29, 0.717) is 28.8 Å². The molecule has 0 radical (unpaired) electrons. The van der Waals surface area contributed by atoms with Crippen LogP contribution in [0, 0.1) is 6.92 Å². The van der Waals surface area contributed by atoms with E-state index < -0.39 is 23.8 Å². The Labute approximate surface area is 149 Å². The first-order valence-electron chi connectivity index (χ1n) is 8.27. The third kappa shape index (κ3) is 3.90. The molecule has 1 heterocycles. The van der Waals surface area contributed by atoms with Gasteiger partial charge in [-0.05, 0) is 51.0 Å². The average Bonchev–Trinajstić information content (AvgIpc) is 3.37. The normalized spacial score (nSPS) is 14.5. The Morgan fingerprint density at radius 3 is 2.42 bits per heavy atom. The van der Waals surface area contributed by atoms with Crippen molar-refractivity contribution in [2.45, 2.75) is 38.6 Å². The number of aliphatic carboxylic acids is 1. The molecule has 1 unspecified atom stereocenters. The zero-order chi connectivity index (χ0) is 18.8. The number of anilines is 1. The number of hydrogen-bond donors (Lipinski definition) is 3. The fraction of sp³-hybridized carbons (Fsp3) is 0.333. The first-order chi connectivity index (χ1) is 12.3. The van der Waals surface area contributed by atoms with Gasteiger partial charge in [-0.2, -0.15) is 0 Å². The maximum Gasteiger partial charge on any atom is 0.325 e. The zero-order valence-corrected chi connectivity index (χ0v) is 14.4. The molecule has 1 atom stereocenters. The van der Waals surface area contributed by atoms with Crippen LogP contribution in [0.4, 0.5) is 5.69 Å². The summed E-state index contributed by atoms with van der Waals surface area (Å²) in [5, 5.41) is 13.9. The van der Waals surface area contributed by atoms with E-state index in [1.165, 1.54) is 19.1 Å². The number of benzene rings is 1. The number of nitrogens with one attached hydrogen (secondary N) is 2. The van der Waals surface area contributed by atoms with Crippen LogP contribution in [0.3, 0.4) is 0 Å². The molecule has 1 fully saturated rings. The molecule has 2 aromatic rings. The van der Waals surface area contributed by atoms with Crippen molar-refractivity contribution in [3.05, 3.63) is 47.2 Å². The second kappa shape index (κ2) is 6.99. The highest BCUT2D eigenvalue weighted by Crippen LogP contribution is 2.40. The molecule has 0 spiro atoms. The van der Waals surface area contributed by atoms with E-state index in [1.807, 2.05) is 0 Å². The predicted molar refractivity (Wildman–Crippen MR) is 92.2 cm³/mol. The molecular weight excluding hydrogens is 338 g/mol. The molecule has 0 bridgehead atoms. The van der Waals surface area contributed by atoms with Crippen molar-refractivity contribution in [1.29, 1.82) is 0 Å². The Bertz CT molecular complexity index is 852. The molecule has 0 aliphatic heterocycles. The van der Waals surface area contributed by atoms with Gasteiger partial charge in [-0.3, -0.25) is 14.4 Å². The lowest BCUT2D eigenvalue weighted by molar-refractivity contribution is -0.138. The topological polar surface area (TPSA) is 122 Å². The largest absolute Gasteiger partial charge is 0.480 e. The number of oxazole rings is 1. The van der Waals surface area contributed by atoms with Gasteiger partial charge in [-0.1, -0.05) is 0 Å². The van der Waals surface area contributed by atoms with E-state index >= 15 is 0 Å². The number of hydrogen-bond acceptors (Lipinski definition) is 5. The number of rotatable bonds is 6. The van der Waals surface area contributed by atoms with Crippen LogP contribution in [-0.2, 0) is 4.79 Å². The maximum atomic E-state index is 12.3. The minimum atomic E-state index is -1.12. The number of aromatic nitrogens is 1. The summed E-state index contributed by atoms with van der Waals surface area (Å²) in [5.41, 5.74) is 1.33. The van der Waals surface area contributed by atoms with Gasteiger partial charge in [0, 0.05) is 17.2 Å². The number of carbonyl (C=O) groups excluding carboxylic acids is 2. The van der Waals surface area contributed by atoms with Gasteiger partial charge in [0.15, 0.2) is 5.89 Å². The summed E-state index contributed by atoms with van der Waals surface area (Å²) in [6.45, 7) is 3.10. The third-order valence-electron chi connectivity index (χ3n) is 4.07. The molecule has 8 heteroatoms. The van der Waals surface area contributed by atoms with Gasteiger partial charge >= 0.3 is 5.97 Å². The molecule has 136 valence electrons. The summed E-state index contributed by atoms with van der Waals surface area (Å²) in [5.74, 6) is -0.913. The van der Waals surface area contributed by atoms with Crippen LogP contribution in [0.2, 0.25) is 0 Å². The van der Waals surface area contributed by atoms with Crippen molar-refractivity contribution in [2.75, 3.05) is 5.32 Å². The molecule has 3 N–H and O–H groups in total. The first kappa shape index (κ1) is 17.7. The highest BCUT2D eigenvalue weighted by molar-refractivity contribution is 6.03. The van der Waals surface area contributed by atoms with Crippen molar-refractivity contribution >= 4 is 23.5 Å². The van der Waals surface area contributed by atoms with Crippen LogP contribution in [0.25, 0.3) is 0 Å². The summed E-state index contributed by atoms with van der Waals surface area (Å²) in [7, 11) is 0. The van der Waals surface area contributed by atoms with Crippen LogP contribution in [0.1, 0.15) is 58.2 Å². The van der Waals surface area contributed by atoms with Crippen molar-refractivity contribution in [2.24, 2.45) is 0 Å². The van der Waals surface area contributed by atoms with Crippen molar-refractivity contribution in [3.8, 4) is 0 Å². The lowest BCUT2D eigenvalue weighted by Gasteiger charge is -2.10. The second-order valence-electron chi connectivity index (χ2n) is 6.31. The number of aryl methyl sites for hydroxylation is 1. The molecule has 1 aromatic heterocycles. The lowest BCUT2D eigenvalue weighted by Crippen LogP contribution is -2.38. The van der Waals surface area contributed by atoms with Gasteiger partial charge in [-0.15, -0.1) is 0 Å². The molecule has 1 aliphatic rings. The van der Waals surface area contributed by atoms with Gasteiger partial charge in [-0.25, -0.2) is 4.98 Å². The smallest absolute Gasteiger partial charge is 0.325 e. The van der Waals surface area contributed by atoms with E-state index in [4.69, 9.17) is 9.52 Å². The van der Waals surface area contributed by atoms with E-state index in [9.17, 15) is 14.4 Å². The van der Waals surface area contributed by atoms with Crippen molar-refractivity contribution in [1.82, 2.24) is 10.3 Å². The fourth-order valence-electron chi connectivity index (χ4n) is 2.37. The first-order valence-corrected chi connectivity index (χ1v) is 8.27. The molecule has 3 rings (SSSR count). The second-order valence-corrected chi connectivity index (χ2v) is 6.31. The predicted octanol–water partition coefficient (Wildman–Crippen LogP) is 2.32. The van der Waals surface area contributed by atoms with Crippen LogP contribution < -0.4 is 10.6 Å². The summed E-state index contributed by atoms with van der Waals surface area (Å²) < 4.78 is 5.56. The molecule has 1 aliphatic carbocycles. The van der Waals surface area contributed by atoms with Crippen molar-refractivity contribution < 1.29 is 23.9 Å². The Kier molecular flexibility index (Phi) is 4.75. The number of amides is 2. The summed E-state index contributed by atoms with van der Waals surface area (Å²) >= 11 is 0. The van der Waals surface area contributed by atoms with Crippen LogP contribution in [0.15, 0.2) is 28.7 Å². The van der Waals surface area contributed by atoms with Crippen LogP contribution in [0.5, 0.6) is 0 Å². The van der Waals surface area contributed by atoms with Gasteiger partial charge in [0.25, 0.3) is 11.8 Å². The van der Waals surface area contributed by atoms with Crippen LogP contribution >= 0.6 is 0 Å². The molecule has 2 amide bonds. The van der Waals surface area contributed by atoms with Crippen LogP contribution in [-0.4, -0.2) is 33.9 Å². The maximum absolute atomic E-state index is 12.3. The molecule has 1 aromatic carbocycles. The third-order valence-corrected chi connectivity index (χ3v) is 4.07. The highest BCUT2D eigenvalue weighted by atomic mass is 16.4. The Morgan fingerprint density at radius 1 is 1.19 bits per heavy atom. The van der Waals surface area contributed by atoms with E-state index in [1.54, 1.807) is 19.1 Å². The lowest BCUT2D eigenvalue weighted by atomic mass is 10.1. The molecule has 26 heavy (non-hydrogen) atoms. The number of carboxylic acid groups (broad SMARTS) is 1. The SMILES string of the molecule is Cc1nc(C2CC2)oc1C(=O)Nc1ccc(C(=O)NC(C)C(=O)O)cc1. The average molecular weight is 357 g/mol. The molecule has 1 saturated carbocycles. The van der Waals surface area contributed by atoms with E-state index in [-0.39, 0.29) is 5.76 Å². The minimum absolute atomic E-state index is 0.184. The quantitative estimate of drug-likeness (QED) is 0.729. The Balaban J connectivity index is 1.64. The zero-order valence-electron chi connectivity index (χ0n) is 14.4. The molecular formula is C18H19N3O5. The Morgan fingerprint density at radius 2 is 1.85 bits per heavy atom. The minimum Gasteiger partial charge on any atom is -0.480 e. The van der Waals surface area contributed by atoms with Gasteiger partial charge in [0.1, 0.15) is 6.04 Å². The van der Waals surface area contributed by atoms with Gasteiger partial charge < -0.3 is 20.2 Å². The highest BCUT2D eigenvalue weighted by Gasteiger charge is 2.30. The van der Waals surface area contributed by atoms with Gasteiger partial charge in [0.2, 0.25) is 5.76 Å². The number of carbonyl (C=O) groups is 3.